The Balaban J connectivity index is 0.00000405. The maximum absolute atomic E-state index is 13.2. The van der Waals surface area contributed by atoms with Crippen LogP contribution in [-0.2, 0) is 4.79 Å². The number of hydrogen-bond acceptors (Lipinski definition) is 6. The lowest BCUT2D eigenvalue weighted by Crippen LogP contribution is -2.43. The molecule has 1 unspecified atom stereocenters. The van der Waals surface area contributed by atoms with Crippen molar-refractivity contribution in [2.45, 2.75) is 31.6 Å². The fraction of sp³-hybridized carbons (Fsp3) is 0.333. The largest absolute Gasteiger partial charge is 0.506 e. The highest BCUT2D eigenvalue weighted by molar-refractivity contribution is 6.32. The average Bonchev–Trinajstić information content (AvgIpc) is 3.49. The molecule has 2 saturated heterocycles. The number of aromatic nitrogens is 1. The number of piperidine rings is 1. The predicted octanol–water partition coefficient (Wildman–Crippen LogP) is 5.82. The van der Waals surface area contributed by atoms with Gasteiger partial charge in [0.15, 0.2) is 0 Å². The number of carbonyl (C=O) groups is 3. The molecule has 1 aromatic heterocycles. The van der Waals surface area contributed by atoms with Crippen LogP contribution in [0.2, 0.25) is 10.0 Å². The van der Waals surface area contributed by atoms with E-state index in [-0.39, 0.29) is 52.1 Å². The Bertz CT molecular complexity index is 1430. The van der Waals surface area contributed by atoms with E-state index in [0.29, 0.717) is 10.6 Å². The number of benzene rings is 2. The van der Waals surface area contributed by atoms with Crippen molar-refractivity contribution in [3.05, 3.63) is 81.5 Å². The van der Waals surface area contributed by atoms with Gasteiger partial charge >= 0.3 is 0 Å². The monoisotopic (exact) mass is 631 g/mol. The molecular formula is C30H32Cl3N5O4. The molecule has 3 heterocycles. The van der Waals surface area contributed by atoms with Crippen LogP contribution in [0.4, 0.5) is 11.5 Å². The number of hydrogen-bond donors (Lipinski definition) is 3. The Morgan fingerprint density at radius 1 is 0.905 bits per heavy atom. The van der Waals surface area contributed by atoms with Gasteiger partial charge < -0.3 is 25.5 Å². The van der Waals surface area contributed by atoms with Crippen molar-refractivity contribution >= 4 is 64.8 Å². The van der Waals surface area contributed by atoms with Crippen LogP contribution in [0, 0.1) is 0 Å². The molecule has 0 saturated carbocycles. The summed E-state index contributed by atoms with van der Waals surface area (Å²) in [6.45, 7) is 4.64. The highest BCUT2D eigenvalue weighted by atomic mass is 35.5. The van der Waals surface area contributed by atoms with Gasteiger partial charge in [-0.05, 0) is 74.7 Å². The van der Waals surface area contributed by atoms with E-state index in [1.165, 1.54) is 37.2 Å². The van der Waals surface area contributed by atoms with Crippen molar-refractivity contribution in [1.29, 1.82) is 0 Å². The van der Waals surface area contributed by atoms with Crippen molar-refractivity contribution in [2.75, 3.05) is 43.4 Å². The zero-order chi connectivity index (χ0) is 28.9. The lowest BCUT2D eigenvalue weighted by Gasteiger charge is -2.33. The quantitative estimate of drug-likeness (QED) is 0.270. The molecule has 2 fully saturated rings. The first-order valence-corrected chi connectivity index (χ1v) is 14.4. The molecular weight excluding hydrogens is 601 g/mol. The smallest absolute Gasteiger partial charge is 0.259 e. The number of nitrogens with zero attached hydrogens (tertiary/aromatic N) is 3. The molecule has 9 nitrogen and oxygen atoms in total. The van der Waals surface area contributed by atoms with Gasteiger partial charge in [-0.3, -0.25) is 14.4 Å². The zero-order valence-electron chi connectivity index (χ0n) is 22.8. The standard InChI is InChI=1S/C30H31Cl2N5O4.ClH/c31-21-9-10-26(33-18-21)34-29(40)24-16-22(32)17-25(38)27(24)35-28(39)20-7-5-19(6-8-20)23-4-3-13-37(30(23)41)15-14-36-11-1-2-12-36;/h5-10,16-18,23,38H,1-4,11-15H2,(H,35,39)(H,33,34,40);1H. The normalized spacial score (nSPS) is 17.0. The van der Waals surface area contributed by atoms with Crippen LogP contribution in [-0.4, -0.2) is 70.3 Å². The van der Waals surface area contributed by atoms with Crippen LogP contribution in [0.15, 0.2) is 54.7 Å². The van der Waals surface area contributed by atoms with Crippen LogP contribution < -0.4 is 10.6 Å². The van der Waals surface area contributed by atoms with Gasteiger partial charge in [-0.2, -0.15) is 0 Å². The van der Waals surface area contributed by atoms with Gasteiger partial charge in [-0.15, -0.1) is 12.4 Å². The summed E-state index contributed by atoms with van der Waals surface area (Å²) in [5.74, 6) is -1.40. The summed E-state index contributed by atoms with van der Waals surface area (Å²) in [4.78, 5) is 47.8. The Hall–Kier alpha value is -3.37. The molecule has 2 aromatic carbocycles. The Morgan fingerprint density at radius 3 is 2.33 bits per heavy atom. The SMILES string of the molecule is Cl.O=C(Nc1c(O)cc(Cl)cc1C(=O)Nc1ccc(Cl)cn1)c1ccc(C2CCCN(CCN3CCCC3)C2=O)cc1. The highest BCUT2D eigenvalue weighted by Gasteiger charge is 2.30. The number of phenolic OH excluding ortho intramolecular Hbond substituents is 1. The van der Waals surface area contributed by atoms with E-state index < -0.39 is 11.8 Å². The minimum Gasteiger partial charge on any atom is -0.506 e. The molecule has 0 aliphatic carbocycles. The minimum absolute atomic E-state index is 0. The molecule has 42 heavy (non-hydrogen) atoms. The first kappa shape index (κ1) is 31.6. The van der Waals surface area contributed by atoms with Crippen molar-refractivity contribution < 1.29 is 19.5 Å². The van der Waals surface area contributed by atoms with Crippen molar-refractivity contribution in [2.24, 2.45) is 0 Å². The van der Waals surface area contributed by atoms with E-state index in [2.05, 4.69) is 20.5 Å². The maximum atomic E-state index is 13.2. The first-order valence-electron chi connectivity index (χ1n) is 13.7. The highest BCUT2D eigenvalue weighted by Crippen LogP contribution is 2.33. The Labute approximate surface area is 260 Å². The lowest BCUT2D eigenvalue weighted by molar-refractivity contribution is -0.135. The number of nitrogens with one attached hydrogen (secondary N) is 2. The Morgan fingerprint density at radius 2 is 1.64 bits per heavy atom. The van der Waals surface area contributed by atoms with Crippen LogP contribution in [0.1, 0.15) is 57.9 Å². The predicted molar refractivity (Wildman–Crippen MR) is 166 cm³/mol. The van der Waals surface area contributed by atoms with Gasteiger partial charge in [0.25, 0.3) is 11.8 Å². The summed E-state index contributed by atoms with van der Waals surface area (Å²) in [5.41, 5.74) is 1.04. The molecule has 2 aliphatic heterocycles. The molecule has 3 N–H and O–H groups in total. The fourth-order valence-corrected chi connectivity index (χ4v) is 5.65. The van der Waals surface area contributed by atoms with E-state index in [0.717, 1.165) is 51.1 Å². The number of pyridine rings is 1. The second-order valence-corrected chi connectivity index (χ2v) is 11.2. The van der Waals surface area contributed by atoms with E-state index in [1.54, 1.807) is 30.3 Å². The number of anilines is 2. The van der Waals surface area contributed by atoms with Gasteiger partial charge in [0.2, 0.25) is 5.91 Å². The van der Waals surface area contributed by atoms with Gasteiger partial charge in [0.1, 0.15) is 11.6 Å². The van der Waals surface area contributed by atoms with Crippen molar-refractivity contribution in [3.8, 4) is 5.75 Å². The van der Waals surface area contributed by atoms with Crippen molar-refractivity contribution in [3.63, 3.8) is 0 Å². The molecule has 0 spiro atoms. The number of amides is 3. The number of carbonyl (C=O) groups excluding carboxylic acids is 3. The first-order chi connectivity index (χ1) is 19.8. The van der Waals surface area contributed by atoms with Crippen LogP contribution >= 0.6 is 35.6 Å². The molecule has 0 bridgehead atoms. The fourth-order valence-electron chi connectivity index (χ4n) is 5.33. The second-order valence-electron chi connectivity index (χ2n) is 10.3. The van der Waals surface area contributed by atoms with Gasteiger partial charge in [-0.1, -0.05) is 35.3 Å². The second kappa shape index (κ2) is 14.2. The molecule has 1 atom stereocenters. The number of phenols is 1. The summed E-state index contributed by atoms with van der Waals surface area (Å²) in [7, 11) is 0. The van der Waals surface area contributed by atoms with Crippen LogP contribution in [0.5, 0.6) is 5.75 Å². The summed E-state index contributed by atoms with van der Waals surface area (Å²) in [6, 6.07) is 12.5. The van der Waals surface area contributed by atoms with Crippen LogP contribution in [0.3, 0.4) is 0 Å². The van der Waals surface area contributed by atoms with Gasteiger partial charge in [0.05, 0.1) is 22.2 Å². The third kappa shape index (κ3) is 7.52. The van der Waals surface area contributed by atoms with Crippen LogP contribution in [0.25, 0.3) is 0 Å². The summed E-state index contributed by atoms with van der Waals surface area (Å²) >= 11 is 11.9. The van der Waals surface area contributed by atoms with E-state index in [9.17, 15) is 19.5 Å². The minimum atomic E-state index is -0.631. The topological polar surface area (TPSA) is 115 Å². The third-order valence-electron chi connectivity index (χ3n) is 7.53. The molecule has 222 valence electrons. The van der Waals surface area contributed by atoms with E-state index >= 15 is 0 Å². The molecule has 3 amide bonds. The number of halogens is 3. The Kier molecular flexibility index (Phi) is 10.7. The summed E-state index contributed by atoms with van der Waals surface area (Å²) in [5, 5.41) is 16.3. The summed E-state index contributed by atoms with van der Waals surface area (Å²) < 4.78 is 0. The van der Waals surface area contributed by atoms with Gasteiger partial charge in [-0.25, -0.2) is 4.98 Å². The summed E-state index contributed by atoms with van der Waals surface area (Å²) in [6.07, 6.45) is 5.54. The lowest BCUT2D eigenvalue weighted by atomic mass is 9.89. The van der Waals surface area contributed by atoms with Crippen molar-refractivity contribution in [1.82, 2.24) is 14.8 Å². The molecule has 2 aliphatic rings. The average molecular weight is 633 g/mol. The van der Waals surface area contributed by atoms with E-state index in [1.807, 2.05) is 4.90 Å². The third-order valence-corrected chi connectivity index (χ3v) is 7.97. The van der Waals surface area contributed by atoms with Gasteiger partial charge in [0, 0.05) is 42.5 Å². The number of likely N-dealkylation sites (tertiary alicyclic amines) is 2. The number of aromatic hydroxyl groups is 1. The number of rotatable bonds is 8. The molecule has 5 rings (SSSR count). The molecule has 12 heteroatoms. The molecule has 3 aromatic rings. The maximum Gasteiger partial charge on any atom is 0.259 e. The van der Waals surface area contributed by atoms with E-state index in [4.69, 9.17) is 23.2 Å². The zero-order valence-corrected chi connectivity index (χ0v) is 25.1. The molecule has 0 radical (unpaired) electrons.